The summed E-state index contributed by atoms with van der Waals surface area (Å²) in [6.07, 6.45) is 1.83. The average molecular weight is 200 g/mol. The maximum atomic E-state index is 11.6. The van der Waals surface area contributed by atoms with Crippen LogP contribution in [0.25, 0.3) is 0 Å². The topological polar surface area (TPSA) is 83.6 Å². The van der Waals surface area contributed by atoms with Crippen molar-refractivity contribution in [3.8, 4) is 0 Å². The van der Waals surface area contributed by atoms with E-state index in [1.807, 2.05) is 6.92 Å². The van der Waals surface area contributed by atoms with E-state index in [-0.39, 0.29) is 5.91 Å². The van der Waals surface area contributed by atoms with Crippen molar-refractivity contribution < 1.29 is 14.7 Å². The van der Waals surface area contributed by atoms with Crippen LogP contribution in [0.2, 0.25) is 0 Å². The molecule has 1 rings (SSSR count). The van der Waals surface area contributed by atoms with E-state index in [0.717, 1.165) is 6.42 Å². The highest BCUT2D eigenvalue weighted by Crippen LogP contribution is 2.18. The second kappa shape index (κ2) is 4.41. The summed E-state index contributed by atoms with van der Waals surface area (Å²) < 4.78 is 0. The van der Waals surface area contributed by atoms with E-state index in [9.17, 15) is 9.59 Å². The van der Waals surface area contributed by atoms with Crippen LogP contribution in [0.15, 0.2) is 0 Å². The van der Waals surface area contributed by atoms with Crippen LogP contribution in [0.5, 0.6) is 0 Å². The number of amides is 1. The number of carboxylic acid groups (broad SMARTS) is 1. The molecular weight excluding hydrogens is 184 g/mol. The Bertz CT molecular complexity index is 242. The zero-order valence-corrected chi connectivity index (χ0v) is 8.27. The first kappa shape index (κ1) is 11.0. The zero-order chi connectivity index (χ0) is 10.7. The number of likely N-dealkylation sites (tertiary alicyclic amines) is 1. The molecule has 80 valence electrons. The lowest BCUT2D eigenvalue weighted by molar-refractivity contribution is -0.148. The highest BCUT2D eigenvalue weighted by molar-refractivity contribution is 5.87. The molecule has 0 unspecified atom stereocenters. The van der Waals surface area contributed by atoms with Gasteiger partial charge in [-0.1, -0.05) is 6.92 Å². The molecule has 0 aromatic heterocycles. The number of carboxylic acids is 1. The lowest BCUT2D eigenvalue weighted by Gasteiger charge is -2.24. The lowest BCUT2D eigenvalue weighted by atomic mass is 10.2. The summed E-state index contributed by atoms with van der Waals surface area (Å²) in [4.78, 5) is 23.8. The highest BCUT2D eigenvalue weighted by atomic mass is 16.4. The first-order chi connectivity index (χ1) is 6.57. The molecule has 1 fully saturated rings. The molecule has 0 bridgehead atoms. The molecule has 1 aliphatic heterocycles. The van der Waals surface area contributed by atoms with Crippen molar-refractivity contribution in [3.05, 3.63) is 0 Å². The van der Waals surface area contributed by atoms with E-state index in [1.54, 1.807) is 0 Å². The van der Waals surface area contributed by atoms with Gasteiger partial charge in [0.05, 0.1) is 6.04 Å². The number of carbonyl (C=O) groups excluding carboxylic acids is 1. The maximum absolute atomic E-state index is 11.6. The van der Waals surface area contributed by atoms with Gasteiger partial charge < -0.3 is 15.7 Å². The largest absolute Gasteiger partial charge is 0.480 e. The molecule has 0 aromatic carbocycles. The Morgan fingerprint density at radius 1 is 1.64 bits per heavy atom. The van der Waals surface area contributed by atoms with Crippen molar-refractivity contribution in [2.75, 3.05) is 6.54 Å². The minimum Gasteiger partial charge on any atom is -0.480 e. The summed E-state index contributed by atoms with van der Waals surface area (Å²) in [5.41, 5.74) is 5.57. The molecule has 1 aliphatic rings. The van der Waals surface area contributed by atoms with Crippen LogP contribution < -0.4 is 5.73 Å². The molecule has 5 nitrogen and oxygen atoms in total. The Kier molecular flexibility index (Phi) is 3.46. The van der Waals surface area contributed by atoms with Crippen LogP contribution in [0.3, 0.4) is 0 Å². The fraction of sp³-hybridized carbons (Fsp3) is 0.778. The van der Waals surface area contributed by atoms with Gasteiger partial charge in [-0.15, -0.1) is 0 Å². The fourth-order valence-electron chi connectivity index (χ4n) is 1.67. The third-order valence-electron chi connectivity index (χ3n) is 2.58. The molecule has 14 heavy (non-hydrogen) atoms. The Labute approximate surface area is 82.9 Å². The van der Waals surface area contributed by atoms with Crippen LogP contribution in [0.1, 0.15) is 26.2 Å². The first-order valence-corrected chi connectivity index (χ1v) is 4.86. The summed E-state index contributed by atoms with van der Waals surface area (Å²) in [6.45, 7) is 2.33. The Morgan fingerprint density at radius 2 is 2.29 bits per heavy atom. The van der Waals surface area contributed by atoms with Crippen LogP contribution in [0, 0.1) is 0 Å². The normalized spacial score (nSPS) is 23.6. The van der Waals surface area contributed by atoms with E-state index in [0.29, 0.717) is 19.4 Å². The van der Waals surface area contributed by atoms with Crippen LogP contribution in [-0.2, 0) is 9.59 Å². The average Bonchev–Trinajstić information content (AvgIpc) is 2.63. The molecule has 0 spiro atoms. The number of hydrogen-bond acceptors (Lipinski definition) is 3. The first-order valence-electron chi connectivity index (χ1n) is 4.86. The quantitative estimate of drug-likeness (QED) is 0.660. The molecule has 1 amide bonds. The van der Waals surface area contributed by atoms with Crippen molar-refractivity contribution >= 4 is 11.9 Å². The standard InChI is InChI=1S/C9H16N2O3/c1-2-6(10)8(12)11-5-3-4-7(11)9(13)14/h6-7H,2-5,10H2,1H3,(H,13,14)/t6-,7+/m0/s1. The highest BCUT2D eigenvalue weighted by Gasteiger charge is 2.35. The van der Waals surface area contributed by atoms with Gasteiger partial charge in [-0.2, -0.15) is 0 Å². The summed E-state index contributed by atoms with van der Waals surface area (Å²) in [5.74, 6) is -1.17. The Balaban J connectivity index is 2.67. The predicted molar refractivity (Wildman–Crippen MR) is 50.6 cm³/mol. The van der Waals surface area contributed by atoms with Gasteiger partial charge in [-0.25, -0.2) is 4.79 Å². The van der Waals surface area contributed by atoms with E-state index < -0.39 is 18.1 Å². The molecule has 0 saturated carbocycles. The number of nitrogens with zero attached hydrogens (tertiary/aromatic N) is 1. The van der Waals surface area contributed by atoms with Gasteiger partial charge >= 0.3 is 5.97 Å². The van der Waals surface area contributed by atoms with Gasteiger partial charge in [0.2, 0.25) is 5.91 Å². The summed E-state index contributed by atoms with van der Waals surface area (Å²) in [6, 6.07) is -1.23. The number of nitrogens with two attached hydrogens (primary N) is 1. The van der Waals surface area contributed by atoms with E-state index in [4.69, 9.17) is 10.8 Å². The van der Waals surface area contributed by atoms with Crippen molar-refractivity contribution in [2.45, 2.75) is 38.3 Å². The second-order valence-electron chi connectivity index (χ2n) is 3.54. The summed E-state index contributed by atoms with van der Waals surface area (Å²) in [7, 11) is 0. The fourth-order valence-corrected chi connectivity index (χ4v) is 1.67. The Morgan fingerprint density at radius 3 is 2.79 bits per heavy atom. The molecule has 5 heteroatoms. The second-order valence-corrected chi connectivity index (χ2v) is 3.54. The molecule has 0 aromatic rings. The number of hydrogen-bond donors (Lipinski definition) is 2. The molecule has 0 aliphatic carbocycles. The smallest absolute Gasteiger partial charge is 0.326 e. The molecule has 0 radical (unpaired) electrons. The third kappa shape index (κ3) is 2.04. The lowest BCUT2D eigenvalue weighted by Crippen LogP contribution is -2.48. The van der Waals surface area contributed by atoms with Crippen molar-refractivity contribution in [1.29, 1.82) is 0 Å². The minimum absolute atomic E-state index is 0.239. The van der Waals surface area contributed by atoms with Gasteiger partial charge in [-0.3, -0.25) is 4.79 Å². The predicted octanol–water partition coefficient (Wildman–Crippen LogP) is -0.201. The van der Waals surface area contributed by atoms with E-state index in [1.165, 1.54) is 4.90 Å². The molecule has 3 N–H and O–H groups in total. The molecule has 2 atom stereocenters. The summed E-state index contributed by atoms with van der Waals surface area (Å²) in [5, 5.41) is 8.85. The van der Waals surface area contributed by atoms with Gasteiger partial charge in [-0.05, 0) is 19.3 Å². The SMILES string of the molecule is CC[C@H](N)C(=O)N1CCC[C@@H]1C(=O)O. The monoisotopic (exact) mass is 200 g/mol. The zero-order valence-electron chi connectivity index (χ0n) is 8.27. The van der Waals surface area contributed by atoms with E-state index >= 15 is 0 Å². The van der Waals surface area contributed by atoms with Crippen molar-refractivity contribution in [1.82, 2.24) is 4.90 Å². The molecule has 1 heterocycles. The van der Waals surface area contributed by atoms with Crippen LogP contribution in [0.4, 0.5) is 0 Å². The van der Waals surface area contributed by atoms with Gasteiger partial charge in [0.1, 0.15) is 6.04 Å². The number of aliphatic carboxylic acids is 1. The van der Waals surface area contributed by atoms with Gasteiger partial charge in [0.15, 0.2) is 0 Å². The Hall–Kier alpha value is -1.10. The van der Waals surface area contributed by atoms with Crippen molar-refractivity contribution in [2.24, 2.45) is 5.73 Å². The minimum atomic E-state index is -0.931. The van der Waals surface area contributed by atoms with Crippen LogP contribution in [-0.4, -0.2) is 40.5 Å². The van der Waals surface area contributed by atoms with Crippen molar-refractivity contribution in [3.63, 3.8) is 0 Å². The molecular formula is C9H16N2O3. The number of carbonyl (C=O) groups is 2. The van der Waals surface area contributed by atoms with Gasteiger partial charge in [0, 0.05) is 6.54 Å². The number of rotatable bonds is 3. The molecule has 1 saturated heterocycles. The van der Waals surface area contributed by atoms with E-state index in [2.05, 4.69) is 0 Å². The van der Waals surface area contributed by atoms with Crippen LogP contribution >= 0.6 is 0 Å². The maximum Gasteiger partial charge on any atom is 0.326 e. The summed E-state index contributed by atoms with van der Waals surface area (Å²) >= 11 is 0. The van der Waals surface area contributed by atoms with Gasteiger partial charge in [0.25, 0.3) is 0 Å². The third-order valence-corrected chi connectivity index (χ3v) is 2.58.